The summed E-state index contributed by atoms with van der Waals surface area (Å²) in [6.07, 6.45) is 3.50. The number of hydrogen-bond acceptors (Lipinski definition) is 4. The van der Waals surface area contributed by atoms with Crippen molar-refractivity contribution in [3.8, 4) is 0 Å². The highest BCUT2D eigenvalue weighted by molar-refractivity contribution is 7.99. The standard InChI is InChI=1S/C15H13N3O2S/c1-2-7-18-14-10-5-3-4-6-11(10)16-8-12(14)17-15(18)21-9-13(19)20/h2-6,8H,1,7,9H2,(H,19,20). The van der Waals surface area contributed by atoms with Gasteiger partial charge in [0.25, 0.3) is 0 Å². The smallest absolute Gasteiger partial charge is 0.313 e. The van der Waals surface area contributed by atoms with Gasteiger partial charge in [-0.1, -0.05) is 36.0 Å². The van der Waals surface area contributed by atoms with Crippen molar-refractivity contribution in [2.24, 2.45) is 0 Å². The Balaban J connectivity index is 2.24. The van der Waals surface area contributed by atoms with Crippen LogP contribution in [-0.2, 0) is 11.3 Å². The van der Waals surface area contributed by atoms with E-state index in [-0.39, 0.29) is 5.75 Å². The Morgan fingerprint density at radius 3 is 2.95 bits per heavy atom. The average Bonchev–Trinajstić information content (AvgIpc) is 2.84. The van der Waals surface area contributed by atoms with Crippen LogP contribution in [0.25, 0.3) is 21.9 Å². The predicted octanol–water partition coefficient (Wildman–Crippen LogP) is 2.95. The van der Waals surface area contributed by atoms with Gasteiger partial charge in [0, 0.05) is 11.9 Å². The Hall–Kier alpha value is -2.34. The number of carbonyl (C=O) groups is 1. The summed E-state index contributed by atoms with van der Waals surface area (Å²) in [4.78, 5) is 19.7. The fourth-order valence-electron chi connectivity index (χ4n) is 2.28. The van der Waals surface area contributed by atoms with E-state index < -0.39 is 5.97 Å². The number of fused-ring (bicyclic) bond motifs is 3. The molecule has 0 amide bonds. The molecule has 0 spiro atoms. The van der Waals surface area contributed by atoms with E-state index in [4.69, 9.17) is 5.11 Å². The molecule has 0 saturated heterocycles. The lowest BCUT2D eigenvalue weighted by Gasteiger charge is -2.06. The molecule has 2 aromatic heterocycles. The summed E-state index contributed by atoms with van der Waals surface area (Å²) >= 11 is 1.21. The fourth-order valence-corrected chi connectivity index (χ4v) is 3.01. The number of allylic oxidation sites excluding steroid dienone is 1. The lowest BCUT2D eigenvalue weighted by Crippen LogP contribution is -2.02. The van der Waals surface area contributed by atoms with Crippen LogP contribution in [0.15, 0.2) is 48.3 Å². The SMILES string of the molecule is C=CCn1c(SCC(=O)O)nc2cnc3ccccc3c21. The number of nitrogens with zero attached hydrogens (tertiary/aromatic N) is 3. The topological polar surface area (TPSA) is 68.0 Å². The van der Waals surface area contributed by atoms with Gasteiger partial charge in [0.2, 0.25) is 0 Å². The van der Waals surface area contributed by atoms with Crippen LogP contribution in [-0.4, -0.2) is 31.4 Å². The van der Waals surface area contributed by atoms with Crippen molar-refractivity contribution in [1.82, 2.24) is 14.5 Å². The molecule has 1 aromatic carbocycles. The Kier molecular flexibility index (Phi) is 3.62. The maximum Gasteiger partial charge on any atom is 0.313 e. The van der Waals surface area contributed by atoms with Crippen molar-refractivity contribution in [3.63, 3.8) is 0 Å². The van der Waals surface area contributed by atoms with E-state index in [9.17, 15) is 4.79 Å². The van der Waals surface area contributed by atoms with Crippen molar-refractivity contribution >= 4 is 39.7 Å². The van der Waals surface area contributed by atoms with Crippen molar-refractivity contribution in [3.05, 3.63) is 43.1 Å². The van der Waals surface area contributed by atoms with Crippen molar-refractivity contribution in [1.29, 1.82) is 0 Å². The van der Waals surface area contributed by atoms with Gasteiger partial charge < -0.3 is 9.67 Å². The molecule has 5 nitrogen and oxygen atoms in total. The van der Waals surface area contributed by atoms with E-state index in [0.29, 0.717) is 11.7 Å². The number of thioether (sulfide) groups is 1. The molecule has 106 valence electrons. The lowest BCUT2D eigenvalue weighted by atomic mass is 10.2. The van der Waals surface area contributed by atoms with Crippen LogP contribution in [0.4, 0.5) is 0 Å². The van der Waals surface area contributed by atoms with Crippen molar-refractivity contribution < 1.29 is 9.90 Å². The number of rotatable bonds is 5. The molecule has 0 atom stereocenters. The predicted molar refractivity (Wildman–Crippen MR) is 83.6 cm³/mol. The van der Waals surface area contributed by atoms with Crippen LogP contribution in [0.5, 0.6) is 0 Å². The second kappa shape index (κ2) is 5.57. The number of hydrogen-bond donors (Lipinski definition) is 1. The molecule has 3 aromatic rings. The molecule has 1 N–H and O–H groups in total. The molecule has 0 bridgehead atoms. The van der Waals surface area contributed by atoms with Gasteiger partial charge in [0.1, 0.15) is 5.52 Å². The number of aromatic nitrogens is 3. The van der Waals surface area contributed by atoms with Gasteiger partial charge in [-0.3, -0.25) is 9.78 Å². The second-order valence-corrected chi connectivity index (χ2v) is 5.43. The third-order valence-corrected chi connectivity index (χ3v) is 4.04. The van der Waals surface area contributed by atoms with Crippen LogP contribution in [0.1, 0.15) is 0 Å². The molecular weight excluding hydrogens is 286 g/mol. The molecule has 0 unspecified atom stereocenters. The Morgan fingerprint density at radius 2 is 2.19 bits per heavy atom. The summed E-state index contributed by atoms with van der Waals surface area (Å²) < 4.78 is 1.99. The third kappa shape index (κ3) is 2.50. The van der Waals surface area contributed by atoms with Crippen molar-refractivity contribution in [2.45, 2.75) is 11.7 Å². The number of imidazole rings is 1. The molecule has 0 radical (unpaired) electrons. The van der Waals surface area contributed by atoms with Crippen molar-refractivity contribution in [2.75, 3.05) is 5.75 Å². The molecular formula is C15H13N3O2S. The van der Waals surface area contributed by atoms with E-state index in [0.717, 1.165) is 21.9 Å². The van der Waals surface area contributed by atoms with Crippen LogP contribution in [0, 0.1) is 0 Å². The van der Waals surface area contributed by atoms with Gasteiger partial charge in [-0.05, 0) is 6.07 Å². The lowest BCUT2D eigenvalue weighted by molar-refractivity contribution is -0.133. The zero-order chi connectivity index (χ0) is 14.8. The third-order valence-electron chi connectivity index (χ3n) is 3.08. The second-order valence-electron chi connectivity index (χ2n) is 4.49. The molecule has 0 fully saturated rings. The van der Waals surface area contributed by atoms with Crippen LogP contribution < -0.4 is 0 Å². The number of benzene rings is 1. The van der Waals surface area contributed by atoms with Crippen LogP contribution in [0.2, 0.25) is 0 Å². The molecule has 0 aliphatic rings. The number of carboxylic acids is 1. The zero-order valence-corrected chi connectivity index (χ0v) is 12.0. The molecule has 6 heteroatoms. The highest BCUT2D eigenvalue weighted by Crippen LogP contribution is 2.28. The maximum atomic E-state index is 10.8. The summed E-state index contributed by atoms with van der Waals surface area (Å²) in [5.74, 6) is -0.883. The Labute approximate surface area is 125 Å². The molecule has 0 saturated carbocycles. The molecule has 0 aliphatic carbocycles. The summed E-state index contributed by atoms with van der Waals surface area (Å²) in [6, 6.07) is 7.84. The first-order valence-corrected chi connectivity index (χ1v) is 7.38. The highest BCUT2D eigenvalue weighted by atomic mass is 32.2. The first-order valence-electron chi connectivity index (χ1n) is 6.40. The number of pyridine rings is 1. The van der Waals surface area contributed by atoms with E-state index in [1.54, 1.807) is 12.3 Å². The van der Waals surface area contributed by atoms with E-state index in [1.165, 1.54) is 11.8 Å². The maximum absolute atomic E-state index is 10.8. The molecule has 3 rings (SSSR count). The number of para-hydroxylation sites is 1. The minimum Gasteiger partial charge on any atom is -0.481 e. The van der Waals surface area contributed by atoms with Gasteiger partial charge in [0.05, 0.1) is 23.0 Å². The van der Waals surface area contributed by atoms with E-state index in [1.807, 2.05) is 28.8 Å². The van der Waals surface area contributed by atoms with Gasteiger partial charge in [-0.15, -0.1) is 6.58 Å². The minimum absolute atomic E-state index is 0.0220. The van der Waals surface area contributed by atoms with Gasteiger partial charge >= 0.3 is 5.97 Å². The summed E-state index contributed by atoms with van der Waals surface area (Å²) in [7, 11) is 0. The molecule has 2 heterocycles. The fraction of sp³-hybridized carbons (Fsp3) is 0.133. The van der Waals surface area contributed by atoms with Gasteiger partial charge in [-0.25, -0.2) is 4.98 Å². The van der Waals surface area contributed by atoms with E-state index in [2.05, 4.69) is 16.5 Å². The average molecular weight is 299 g/mol. The number of carboxylic acid groups (broad SMARTS) is 1. The van der Waals surface area contributed by atoms with Gasteiger partial charge in [0.15, 0.2) is 5.16 Å². The monoisotopic (exact) mass is 299 g/mol. The van der Waals surface area contributed by atoms with Gasteiger partial charge in [-0.2, -0.15) is 0 Å². The summed E-state index contributed by atoms with van der Waals surface area (Å²) in [5, 5.41) is 10.5. The first kappa shape index (κ1) is 13.6. The largest absolute Gasteiger partial charge is 0.481 e. The van der Waals surface area contributed by atoms with E-state index >= 15 is 0 Å². The summed E-state index contributed by atoms with van der Waals surface area (Å²) in [5.41, 5.74) is 2.63. The first-order chi connectivity index (χ1) is 10.2. The quantitative estimate of drug-likeness (QED) is 0.579. The number of aliphatic carboxylic acids is 1. The highest BCUT2D eigenvalue weighted by Gasteiger charge is 2.14. The Bertz CT molecular complexity index is 841. The summed E-state index contributed by atoms with van der Waals surface area (Å²) in [6.45, 7) is 4.34. The normalized spacial score (nSPS) is 11.0. The van der Waals surface area contributed by atoms with Crippen LogP contribution in [0.3, 0.4) is 0 Å². The zero-order valence-electron chi connectivity index (χ0n) is 11.2. The minimum atomic E-state index is -0.861. The molecule has 21 heavy (non-hydrogen) atoms. The van der Waals surface area contributed by atoms with Crippen LogP contribution >= 0.6 is 11.8 Å². The Morgan fingerprint density at radius 1 is 1.38 bits per heavy atom. The molecule has 0 aliphatic heterocycles.